The number of methoxy groups -OCH3 is 2. The number of rotatable bonds is 6. The molecule has 2 bridgehead atoms. The van der Waals surface area contributed by atoms with Gasteiger partial charge < -0.3 is 19.5 Å². The fraction of sp³-hybridized carbons (Fsp3) is 0.577. The molecule has 3 atom stereocenters. The van der Waals surface area contributed by atoms with Crippen molar-refractivity contribution in [1.29, 1.82) is 0 Å². The van der Waals surface area contributed by atoms with E-state index < -0.39 is 42.3 Å². The van der Waals surface area contributed by atoms with Crippen molar-refractivity contribution in [1.82, 2.24) is 20.0 Å². The quantitative estimate of drug-likeness (QED) is 0.513. The van der Waals surface area contributed by atoms with Gasteiger partial charge in [-0.25, -0.2) is 23.1 Å². The van der Waals surface area contributed by atoms with Gasteiger partial charge in [-0.3, -0.25) is 10.2 Å². The van der Waals surface area contributed by atoms with Crippen molar-refractivity contribution in [2.24, 2.45) is 0 Å². The van der Waals surface area contributed by atoms with Crippen LogP contribution in [0.1, 0.15) is 68.2 Å². The summed E-state index contributed by atoms with van der Waals surface area (Å²) < 4.78 is 47.6. The van der Waals surface area contributed by atoms with E-state index in [2.05, 4.69) is 15.7 Å². The van der Waals surface area contributed by atoms with Crippen LogP contribution < -0.4 is 10.6 Å². The van der Waals surface area contributed by atoms with E-state index in [1.54, 1.807) is 46.8 Å². The Balaban J connectivity index is 1.79. The number of benzene rings is 1. The first-order valence-corrected chi connectivity index (χ1v) is 12.5. The molecule has 2 N–H and O–H groups in total. The Morgan fingerprint density at radius 2 is 1.79 bits per heavy atom. The molecule has 4 rings (SSSR count). The van der Waals surface area contributed by atoms with Crippen LogP contribution in [0, 0.1) is 19.7 Å². The number of hydrogen-bond donors (Lipinski definition) is 2. The molecule has 2 aliphatic heterocycles. The summed E-state index contributed by atoms with van der Waals surface area (Å²) in [7, 11) is 2.89. The Hall–Kier alpha value is -3.25. The molecular weight excluding hydrogens is 500 g/mol. The maximum absolute atomic E-state index is 16.0. The molecule has 0 spiro atoms. The highest BCUT2D eigenvalue weighted by Crippen LogP contribution is 2.52. The number of halogens is 2. The number of nitrogens with one attached hydrogen (secondary N) is 2. The average molecular weight is 536 g/mol. The number of nitrogens with zero attached hydrogens (tertiary/aromatic N) is 3. The molecule has 1 aromatic heterocycles. The first kappa shape index (κ1) is 27.8. The molecule has 0 aliphatic carbocycles. The lowest BCUT2D eigenvalue weighted by atomic mass is 9.98. The van der Waals surface area contributed by atoms with E-state index in [1.807, 2.05) is 0 Å². The lowest BCUT2D eigenvalue weighted by molar-refractivity contribution is -0.0970. The molecule has 208 valence electrons. The van der Waals surface area contributed by atoms with Crippen molar-refractivity contribution in [2.45, 2.75) is 77.6 Å². The molecule has 3 amide bonds. The van der Waals surface area contributed by atoms with E-state index in [-0.39, 0.29) is 23.9 Å². The van der Waals surface area contributed by atoms with Gasteiger partial charge in [0.1, 0.15) is 22.9 Å². The SMILES string of the molecule is COC(CNC(=O)Nc1c2c(nn1-c1cc(C)c(F)c(C)c1)[C@@H](F)C1CC[C@@H]2N1C(=O)OC(C)(C)C)OC. The van der Waals surface area contributed by atoms with Gasteiger partial charge in [-0.15, -0.1) is 0 Å². The molecule has 1 fully saturated rings. The standard InChI is InChI=1S/C26H35F2N5O5/c1-13-10-15(11-14(2)20(13)27)33-23(30-24(34)29-12-18(36-6)37-7)19-16-8-9-17(21(28)22(19)31-33)32(16)25(35)38-26(3,4)5/h10-11,16-18,21H,8-9,12H2,1-7H3,(H2,29,30,34)/t16-,17?,21-/m0/s1. The third-order valence-electron chi connectivity index (χ3n) is 6.77. The van der Waals surface area contributed by atoms with Gasteiger partial charge >= 0.3 is 12.1 Å². The number of carbonyl (C=O) groups is 2. The lowest BCUT2D eigenvalue weighted by Gasteiger charge is -2.37. The van der Waals surface area contributed by atoms with Gasteiger partial charge in [0.15, 0.2) is 12.5 Å². The third kappa shape index (κ3) is 5.19. The molecule has 1 unspecified atom stereocenters. The Bertz CT molecular complexity index is 1200. The minimum atomic E-state index is -1.60. The van der Waals surface area contributed by atoms with Gasteiger partial charge in [-0.1, -0.05) is 0 Å². The Labute approximate surface area is 220 Å². The van der Waals surface area contributed by atoms with Crippen LogP contribution in [0.5, 0.6) is 0 Å². The lowest BCUT2D eigenvalue weighted by Crippen LogP contribution is -2.45. The molecule has 12 heteroatoms. The average Bonchev–Trinajstić information content (AvgIpc) is 3.40. The zero-order valence-corrected chi connectivity index (χ0v) is 22.7. The van der Waals surface area contributed by atoms with E-state index >= 15 is 4.39 Å². The predicted molar refractivity (Wildman–Crippen MR) is 136 cm³/mol. The summed E-state index contributed by atoms with van der Waals surface area (Å²) in [5.74, 6) is -0.169. The molecule has 2 aromatic rings. The second-order valence-corrected chi connectivity index (χ2v) is 10.6. The summed E-state index contributed by atoms with van der Waals surface area (Å²) >= 11 is 0. The van der Waals surface area contributed by atoms with E-state index in [9.17, 15) is 14.0 Å². The fourth-order valence-electron chi connectivity index (χ4n) is 5.09. The summed E-state index contributed by atoms with van der Waals surface area (Å²) in [5, 5.41) is 10.00. The first-order valence-electron chi connectivity index (χ1n) is 12.5. The number of ether oxygens (including phenoxy) is 3. The molecule has 1 saturated heterocycles. The van der Waals surface area contributed by atoms with Gasteiger partial charge in [0, 0.05) is 19.8 Å². The summed E-state index contributed by atoms with van der Waals surface area (Å²) in [4.78, 5) is 27.5. The van der Waals surface area contributed by atoms with Crippen LogP contribution in [0.25, 0.3) is 5.69 Å². The zero-order chi connectivity index (χ0) is 27.9. The monoisotopic (exact) mass is 535 g/mol. The minimum Gasteiger partial charge on any atom is -0.444 e. The Morgan fingerprint density at radius 1 is 1.16 bits per heavy atom. The molecule has 0 saturated carbocycles. The number of amides is 3. The van der Waals surface area contributed by atoms with Gasteiger partial charge in [0.25, 0.3) is 0 Å². The van der Waals surface area contributed by atoms with Crippen LogP contribution in [0.15, 0.2) is 12.1 Å². The van der Waals surface area contributed by atoms with Crippen molar-refractivity contribution in [3.8, 4) is 5.69 Å². The highest BCUT2D eigenvalue weighted by atomic mass is 19.1. The summed E-state index contributed by atoms with van der Waals surface area (Å²) in [6.07, 6.45) is -2.01. The normalized spacial score (nSPS) is 20.5. The number of carbonyl (C=O) groups excluding carboxylic acids is 2. The highest BCUT2D eigenvalue weighted by molar-refractivity contribution is 5.90. The van der Waals surface area contributed by atoms with Gasteiger partial charge in [-0.2, -0.15) is 5.10 Å². The number of aromatic nitrogens is 2. The molecule has 3 heterocycles. The van der Waals surface area contributed by atoms with Crippen LogP contribution >= 0.6 is 0 Å². The highest BCUT2D eigenvalue weighted by Gasteiger charge is 2.53. The molecule has 10 nitrogen and oxygen atoms in total. The van der Waals surface area contributed by atoms with Crippen LogP contribution in [-0.2, 0) is 14.2 Å². The number of anilines is 1. The van der Waals surface area contributed by atoms with E-state index in [0.717, 1.165) is 0 Å². The summed E-state index contributed by atoms with van der Waals surface area (Å²) in [6.45, 7) is 8.53. The van der Waals surface area contributed by atoms with Crippen LogP contribution in [-0.4, -0.2) is 65.5 Å². The maximum Gasteiger partial charge on any atom is 0.411 e. The molecule has 1 aromatic carbocycles. The summed E-state index contributed by atoms with van der Waals surface area (Å²) in [5.41, 5.74) is 0.961. The Kier molecular flexibility index (Phi) is 7.67. The minimum absolute atomic E-state index is 0.0468. The van der Waals surface area contributed by atoms with Crippen molar-refractivity contribution in [2.75, 3.05) is 26.1 Å². The van der Waals surface area contributed by atoms with E-state index in [4.69, 9.17) is 14.2 Å². The number of aryl methyl sites for hydroxylation is 2. The smallest absolute Gasteiger partial charge is 0.411 e. The number of alkyl halides is 1. The molecule has 38 heavy (non-hydrogen) atoms. The summed E-state index contributed by atoms with van der Waals surface area (Å²) in [6, 6.07) is 1.24. The number of fused-ring (bicyclic) bond motifs is 4. The van der Waals surface area contributed by atoms with Gasteiger partial charge in [0.05, 0.1) is 24.3 Å². The second-order valence-electron chi connectivity index (χ2n) is 10.6. The van der Waals surface area contributed by atoms with E-state index in [0.29, 0.717) is 35.2 Å². The first-order chi connectivity index (χ1) is 17.9. The van der Waals surface area contributed by atoms with Crippen molar-refractivity contribution < 1.29 is 32.6 Å². The van der Waals surface area contributed by atoms with Crippen LogP contribution in [0.3, 0.4) is 0 Å². The van der Waals surface area contributed by atoms with Gasteiger partial charge in [-0.05, 0) is 70.7 Å². The van der Waals surface area contributed by atoms with Crippen LogP contribution in [0.2, 0.25) is 0 Å². The predicted octanol–water partition coefficient (Wildman–Crippen LogP) is 4.83. The van der Waals surface area contributed by atoms with Gasteiger partial charge in [0.2, 0.25) is 0 Å². The van der Waals surface area contributed by atoms with E-state index in [1.165, 1.54) is 23.8 Å². The molecular formula is C26H35F2N5O5. The second kappa shape index (κ2) is 10.5. The third-order valence-corrected chi connectivity index (χ3v) is 6.77. The topological polar surface area (TPSA) is 107 Å². The van der Waals surface area contributed by atoms with Crippen molar-refractivity contribution >= 4 is 17.9 Å². The fourth-order valence-corrected chi connectivity index (χ4v) is 5.09. The van der Waals surface area contributed by atoms with Crippen LogP contribution in [0.4, 0.5) is 24.2 Å². The maximum atomic E-state index is 16.0. The largest absolute Gasteiger partial charge is 0.444 e. The Morgan fingerprint density at radius 3 is 2.37 bits per heavy atom. The molecule has 0 radical (unpaired) electrons. The zero-order valence-electron chi connectivity index (χ0n) is 22.7. The molecule has 2 aliphatic rings. The van der Waals surface area contributed by atoms with Crippen molar-refractivity contribution in [3.63, 3.8) is 0 Å². The van der Waals surface area contributed by atoms with Crippen molar-refractivity contribution in [3.05, 3.63) is 40.3 Å². The number of urea groups is 1. The number of hydrogen-bond acceptors (Lipinski definition) is 6.